The molecule has 3 heterocycles. The van der Waals surface area contributed by atoms with Crippen molar-refractivity contribution in [3.63, 3.8) is 0 Å². The van der Waals surface area contributed by atoms with Crippen molar-refractivity contribution in [2.75, 3.05) is 13.1 Å². The van der Waals surface area contributed by atoms with Gasteiger partial charge < -0.3 is 4.57 Å². The minimum atomic E-state index is -0.595. The zero-order chi connectivity index (χ0) is 23.2. The largest absolute Gasteiger partial charge is 0.305 e. The van der Waals surface area contributed by atoms with Gasteiger partial charge in [-0.3, -0.25) is 29.6 Å². The zero-order valence-electron chi connectivity index (χ0n) is 18.5. The van der Waals surface area contributed by atoms with E-state index in [2.05, 4.69) is 15.4 Å². The summed E-state index contributed by atoms with van der Waals surface area (Å²) < 4.78 is 1.83. The third-order valence-electron chi connectivity index (χ3n) is 6.56. The Hall–Kier alpha value is -3.11. The van der Waals surface area contributed by atoms with Gasteiger partial charge in [0.15, 0.2) is 5.78 Å². The van der Waals surface area contributed by atoms with Crippen molar-refractivity contribution in [1.29, 1.82) is 0 Å². The molecule has 10 heteroatoms. The van der Waals surface area contributed by atoms with E-state index >= 15 is 0 Å². The fourth-order valence-corrected chi connectivity index (χ4v) is 4.85. The van der Waals surface area contributed by atoms with Gasteiger partial charge in [-0.15, -0.1) is 0 Å². The number of pyridine rings is 1. The second kappa shape index (κ2) is 10.7. The molecule has 176 valence electrons. The highest BCUT2D eigenvalue weighted by Crippen LogP contribution is 2.31. The number of nitrogens with one attached hydrogen (secondary N) is 1. The van der Waals surface area contributed by atoms with Gasteiger partial charge >= 0.3 is 0 Å². The molecule has 0 aromatic carbocycles. The van der Waals surface area contributed by atoms with Gasteiger partial charge in [-0.1, -0.05) is 25.7 Å². The number of amides is 2. The van der Waals surface area contributed by atoms with Crippen molar-refractivity contribution in [2.45, 2.75) is 51.0 Å². The van der Waals surface area contributed by atoms with E-state index in [4.69, 9.17) is 0 Å². The summed E-state index contributed by atoms with van der Waals surface area (Å²) in [4.78, 5) is 45.8. The van der Waals surface area contributed by atoms with Crippen LogP contribution in [0.15, 0.2) is 37.1 Å². The lowest BCUT2D eigenvalue weighted by atomic mass is 9.91. The van der Waals surface area contributed by atoms with Gasteiger partial charge in [0.2, 0.25) is 12.3 Å². The Balaban J connectivity index is 1.41. The summed E-state index contributed by atoms with van der Waals surface area (Å²) in [5.41, 5.74) is 4.52. The Kier molecular flexibility index (Phi) is 7.46. The lowest BCUT2D eigenvalue weighted by molar-refractivity contribution is -0.159. The molecule has 10 nitrogen and oxygen atoms in total. The third-order valence-corrected chi connectivity index (χ3v) is 6.56. The minimum Gasteiger partial charge on any atom is -0.305 e. The molecule has 0 radical (unpaired) electrons. The smallest absolute Gasteiger partial charge is 0.242 e. The first-order valence-corrected chi connectivity index (χ1v) is 11.5. The summed E-state index contributed by atoms with van der Waals surface area (Å²) >= 11 is 0. The highest BCUT2D eigenvalue weighted by atomic mass is 16.5. The second-order valence-electron chi connectivity index (χ2n) is 8.85. The van der Waals surface area contributed by atoms with Gasteiger partial charge in [0, 0.05) is 24.6 Å². The highest BCUT2D eigenvalue weighted by Gasteiger charge is 2.38. The molecule has 2 aromatic heterocycles. The van der Waals surface area contributed by atoms with E-state index in [9.17, 15) is 19.6 Å². The average Bonchev–Trinajstić information content (AvgIpc) is 3.61. The number of rotatable bonds is 10. The molecule has 0 unspecified atom stereocenters. The van der Waals surface area contributed by atoms with Crippen LogP contribution < -0.4 is 5.43 Å². The molecular weight excluding hydrogens is 424 g/mol. The molecule has 2 aliphatic rings. The molecule has 2 amide bonds. The Morgan fingerprint density at radius 3 is 2.76 bits per heavy atom. The molecule has 4 rings (SSSR count). The fraction of sp³-hybridized carbons (Fsp3) is 0.522. The summed E-state index contributed by atoms with van der Waals surface area (Å²) in [6, 6.07) is 3.08. The van der Waals surface area contributed by atoms with Crippen molar-refractivity contribution >= 4 is 18.1 Å². The maximum atomic E-state index is 13.4. The van der Waals surface area contributed by atoms with Crippen LogP contribution in [0.2, 0.25) is 0 Å². The first-order valence-electron chi connectivity index (χ1n) is 11.5. The van der Waals surface area contributed by atoms with Crippen LogP contribution in [0.25, 0.3) is 5.69 Å². The Labute approximate surface area is 192 Å². The fourth-order valence-electron chi connectivity index (χ4n) is 4.85. The highest BCUT2D eigenvalue weighted by molar-refractivity contribution is 5.91. The molecule has 2 aromatic rings. The lowest BCUT2D eigenvalue weighted by Crippen LogP contribution is -2.51. The molecule has 1 aliphatic carbocycles. The van der Waals surface area contributed by atoms with Gasteiger partial charge in [0.05, 0.1) is 37.1 Å². The number of hydrogen-bond donors (Lipinski definition) is 2. The number of carbonyl (C=O) groups excluding carboxylic acids is 3. The van der Waals surface area contributed by atoms with Crippen LogP contribution in [0.4, 0.5) is 0 Å². The predicted octanol–water partition coefficient (Wildman–Crippen LogP) is 1.53. The summed E-state index contributed by atoms with van der Waals surface area (Å²) in [6.45, 7) is 0.441. The van der Waals surface area contributed by atoms with Crippen LogP contribution in [0.3, 0.4) is 0 Å². The van der Waals surface area contributed by atoms with Crippen LogP contribution in [-0.2, 0) is 20.8 Å². The van der Waals surface area contributed by atoms with E-state index in [1.807, 2.05) is 16.8 Å². The predicted molar refractivity (Wildman–Crippen MR) is 118 cm³/mol. The second-order valence-corrected chi connectivity index (χ2v) is 8.85. The first-order chi connectivity index (χ1) is 16.0. The standard InChI is InChI=1S/C23H30N6O4/c30-16-28(33)14-18(11-17-3-1-2-4-17)23(32)29-21(7-8-26-29)22(31)12-19-5-6-20(13-25-19)27-10-9-24-15-27/h5-6,9-10,13,15-18,21,26,33H,1-4,7-8,11-12,14H2/t18-,21+/m1/s1. The summed E-state index contributed by atoms with van der Waals surface area (Å²) in [5.74, 6) is -0.500. The molecule has 1 saturated heterocycles. The van der Waals surface area contributed by atoms with E-state index in [0.717, 1.165) is 31.4 Å². The number of hydrogen-bond acceptors (Lipinski definition) is 7. The molecule has 1 aliphatic heterocycles. The van der Waals surface area contributed by atoms with Crippen molar-refractivity contribution in [2.24, 2.45) is 11.8 Å². The Bertz CT molecular complexity index is 942. The maximum Gasteiger partial charge on any atom is 0.242 e. The van der Waals surface area contributed by atoms with E-state index in [1.165, 1.54) is 5.01 Å². The number of ketones is 1. The molecular formula is C23H30N6O4. The molecule has 0 bridgehead atoms. The number of hydrazine groups is 1. The molecule has 0 spiro atoms. The number of aromatic nitrogens is 3. The lowest BCUT2D eigenvalue weighted by Gasteiger charge is -2.29. The molecule has 2 N–H and O–H groups in total. The van der Waals surface area contributed by atoms with Crippen LogP contribution >= 0.6 is 0 Å². The van der Waals surface area contributed by atoms with E-state index in [-0.39, 0.29) is 24.7 Å². The average molecular weight is 455 g/mol. The summed E-state index contributed by atoms with van der Waals surface area (Å²) in [7, 11) is 0. The monoisotopic (exact) mass is 454 g/mol. The number of nitrogens with zero attached hydrogens (tertiary/aromatic N) is 5. The van der Waals surface area contributed by atoms with Gasteiger partial charge in [0.25, 0.3) is 0 Å². The van der Waals surface area contributed by atoms with Gasteiger partial charge in [-0.05, 0) is 30.9 Å². The number of Topliss-reactive ketones (excluding diaryl/α,β-unsaturated/α-hetero) is 1. The summed E-state index contributed by atoms with van der Waals surface area (Å²) in [5, 5.41) is 11.7. The quantitative estimate of drug-likeness (QED) is 0.317. The Morgan fingerprint density at radius 2 is 2.09 bits per heavy atom. The first kappa shape index (κ1) is 23.1. The van der Waals surface area contributed by atoms with Crippen LogP contribution in [0.1, 0.15) is 44.2 Å². The topological polar surface area (TPSA) is 121 Å². The Morgan fingerprint density at radius 1 is 1.27 bits per heavy atom. The van der Waals surface area contributed by atoms with Gasteiger partial charge in [-0.25, -0.2) is 15.5 Å². The minimum absolute atomic E-state index is 0.0742. The van der Waals surface area contributed by atoms with Crippen molar-refractivity contribution in [1.82, 2.24) is 30.0 Å². The van der Waals surface area contributed by atoms with Crippen molar-refractivity contribution in [3.8, 4) is 5.69 Å². The van der Waals surface area contributed by atoms with E-state index in [0.29, 0.717) is 42.5 Å². The SMILES string of the molecule is O=CN(O)C[C@@H](CC1CCCC1)C(=O)N1NCC[C@H]1C(=O)Cc1ccc(-n2ccnc2)cn1. The maximum absolute atomic E-state index is 13.4. The van der Waals surface area contributed by atoms with E-state index < -0.39 is 12.0 Å². The zero-order valence-corrected chi connectivity index (χ0v) is 18.5. The number of imidazole rings is 1. The van der Waals surface area contributed by atoms with Gasteiger partial charge in [-0.2, -0.15) is 0 Å². The van der Waals surface area contributed by atoms with Crippen molar-refractivity contribution in [3.05, 3.63) is 42.7 Å². The van der Waals surface area contributed by atoms with E-state index in [1.54, 1.807) is 24.8 Å². The molecule has 33 heavy (non-hydrogen) atoms. The van der Waals surface area contributed by atoms with Crippen LogP contribution in [0, 0.1) is 11.8 Å². The molecule has 2 fully saturated rings. The van der Waals surface area contributed by atoms with Crippen molar-refractivity contribution < 1.29 is 19.6 Å². The van der Waals surface area contributed by atoms with Gasteiger partial charge in [0.1, 0.15) is 6.04 Å². The number of carbonyl (C=O) groups is 3. The van der Waals surface area contributed by atoms with Crippen LogP contribution in [-0.4, -0.2) is 67.0 Å². The third kappa shape index (κ3) is 5.63. The number of hydroxylamine groups is 2. The molecule has 1 saturated carbocycles. The summed E-state index contributed by atoms with van der Waals surface area (Å²) in [6.07, 6.45) is 12.8. The van der Waals surface area contributed by atoms with Crippen LogP contribution in [0.5, 0.6) is 0 Å². The molecule has 2 atom stereocenters. The normalized spacial score (nSPS) is 19.5.